The lowest BCUT2D eigenvalue weighted by molar-refractivity contribution is -0.137. The molecule has 1 aromatic rings. The smallest absolute Gasteiger partial charge is 0.304 e. The zero-order valence-electron chi connectivity index (χ0n) is 9.57. The van der Waals surface area contributed by atoms with Crippen molar-refractivity contribution in [3.8, 4) is 0 Å². The molecule has 3 heteroatoms. The second-order valence-corrected chi connectivity index (χ2v) is 4.44. The number of carbonyl (C=O) groups is 1. The van der Waals surface area contributed by atoms with Gasteiger partial charge in [-0.15, -0.1) is 0 Å². The molecule has 0 spiro atoms. The summed E-state index contributed by atoms with van der Waals surface area (Å²) in [4.78, 5) is 12.7. The fourth-order valence-electron chi connectivity index (χ4n) is 2.19. The molecule has 0 fully saturated rings. The van der Waals surface area contributed by atoms with E-state index in [-0.39, 0.29) is 6.42 Å². The van der Waals surface area contributed by atoms with Gasteiger partial charge in [0.25, 0.3) is 0 Å². The molecule has 0 unspecified atom stereocenters. The van der Waals surface area contributed by atoms with Crippen molar-refractivity contribution < 1.29 is 9.90 Å². The summed E-state index contributed by atoms with van der Waals surface area (Å²) in [7, 11) is 0. The van der Waals surface area contributed by atoms with Gasteiger partial charge >= 0.3 is 5.97 Å². The van der Waals surface area contributed by atoms with Crippen molar-refractivity contribution >= 4 is 5.97 Å². The minimum absolute atomic E-state index is 0.237. The summed E-state index contributed by atoms with van der Waals surface area (Å²) in [5.41, 5.74) is 4.05. The SMILES string of the molecule is Cc1ccc2c(c1)CN(CCC(=O)O)CC2. The van der Waals surface area contributed by atoms with E-state index in [9.17, 15) is 4.79 Å². The number of aliphatic carboxylic acids is 1. The molecule has 1 heterocycles. The maximum atomic E-state index is 10.5. The molecule has 0 aromatic heterocycles. The summed E-state index contributed by atoms with van der Waals surface area (Å²) in [6.07, 6.45) is 1.27. The van der Waals surface area contributed by atoms with Crippen LogP contribution in [0.15, 0.2) is 18.2 Å². The van der Waals surface area contributed by atoms with Gasteiger partial charge in [-0.1, -0.05) is 23.8 Å². The highest BCUT2D eigenvalue weighted by Gasteiger charge is 2.16. The van der Waals surface area contributed by atoms with E-state index in [2.05, 4.69) is 30.0 Å². The maximum Gasteiger partial charge on any atom is 0.304 e. The third-order valence-electron chi connectivity index (χ3n) is 3.09. The van der Waals surface area contributed by atoms with Gasteiger partial charge in [-0.05, 0) is 24.5 Å². The minimum atomic E-state index is -0.713. The first kappa shape index (κ1) is 11.1. The molecular weight excluding hydrogens is 202 g/mol. The van der Waals surface area contributed by atoms with Crippen LogP contribution in [0.25, 0.3) is 0 Å². The predicted molar refractivity (Wildman–Crippen MR) is 62.4 cm³/mol. The van der Waals surface area contributed by atoms with E-state index in [1.807, 2.05) is 0 Å². The van der Waals surface area contributed by atoms with Crippen molar-refractivity contribution in [3.05, 3.63) is 34.9 Å². The van der Waals surface area contributed by atoms with Crippen molar-refractivity contribution in [1.29, 1.82) is 0 Å². The molecule has 0 amide bonds. The maximum absolute atomic E-state index is 10.5. The first-order chi connectivity index (χ1) is 7.65. The first-order valence-electron chi connectivity index (χ1n) is 5.68. The molecule has 1 N–H and O–H groups in total. The molecule has 0 atom stereocenters. The summed E-state index contributed by atoms with van der Waals surface area (Å²) < 4.78 is 0. The fraction of sp³-hybridized carbons (Fsp3) is 0.462. The molecule has 1 aromatic carbocycles. The average molecular weight is 219 g/mol. The van der Waals surface area contributed by atoms with Crippen molar-refractivity contribution in [2.75, 3.05) is 13.1 Å². The minimum Gasteiger partial charge on any atom is -0.481 e. The molecule has 86 valence electrons. The Balaban J connectivity index is 2.02. The van der Waals surface area contributed by atoms with Crippen molar-refractivity contribution in [2.45, 2.75) is 26.3 Å². The highest BCUT2D eigenvalue weighted by Crippen LogP contribution is 2.20. The van der Waals surface area contributed by atoms with Gasteiger partial charge in [0, 0.05) is 19.6 Å². The van der Waals surface area contributed by atoms with Gasteiger partial charge in [0.1, 0.15) is 0 Å². The monoisotopic (exact) mass is 219 g/mol. The number of fused-ring (bicyclic) bond motifs is 1. The average Bonchev–Trinajstić information content (AvgIpc) is 2.25. The molecule has 2 rings (SSSR count). The summed E-state index contributed by atoms with van der Waals surface area (Å²) in [5.74, 6) is -0.713. The van der Waals surface area contributed by atoms with Crippen molar-refractivity contribution in [3.63, 3.8) is 0 Å². The number of benzene rings is 1. The van der Waals surface area contributed by atoms with Crippen LogP contribution >= 0.6 is 0 Å². The Kier molecular flexibility index (Phi) is 3.25. The number of rotatable bonds is 3. The van der Waals surface area contributed by atoms with E-state index in [1.165, 1.54) is 16.7 Å². The summed E-state index contributed by atoms with van der Waals surface area (Å²) >= 11 is 0. The molecule has 0 saturated carbocycles. The molecule has 3 nitrogen and oxygen atoms in total. The van der Waals surface area contributed by atoms with E-state index in [0.29, 0.717) is 6.54 Å². The molecule has 0 bridgehead atoms. The highest BCUT2D eigenvalue weighted by molar-refractivity contribution is 5.66. The normalized spacial score (nSPS) is 15.8. The van der Waals surface area contributed by atoms with E-state index in [4.69, 9.17) is 5.11 Å². The van der Waals surface area contributed by atoms with Crippen LogP contribution in [0.3, 0.4) is 0 Å². The molecule has 0 aliphatic carbocycles. The topological polar surface area (TPSA) is 40.5 Å². The van der Waals surface area contributed by atoms with Crippen molar-refractivity contribution in [2.24, 2.45) is 0 Å². The summed E-state index contributed by atoms with van der Waals surface area (Å²) in [6, 6.07) is 6.55. The van der Waals surface area contributed by atoms with Crippen LogP contribution in [0.1, 0.15) is 23.1 Å². The van der Waals surface area contributed by atoms with Gasteiger partial charge in [-0.25, -0.2) is 0 Å². The molecule has 1 aliphatic rings. The Morgan fingerprint density at radius 3 is 3.00 bits per heavy atom. The Morgan fingerprint density at radius 2 is 2.25 bits per heavy atom. The van der Waals surface area contributed by atoms with Crippen molar-refractivity contribution in [1.82, 2.24) is 4.90 Å². The van der Waals surface area contributed by atoms with E-state index < -0.39 is 5.97 Å². The van der Waals surface area contributed by atoms with Crippen LogP contribution in [0.4, 0.5) is 0 Å². The quantitative estimate of drug-likeness (QED) is 0.843. The van der Waals surface area contributed by atoms with E-state index in [0.717, 1.165) is 19.5 Å². The summed E-state index contributed by atoms with van der Waals surface area (Å²) in [5, 5.41) is 8.66. The van der Waals surface area contributed by atoms with Gasteiger partial charge in [0.05, 0.1) is 6.42 Å². The van der Waals surface area contributed by atoms with Gasteiger partial charge in [0.15, 0.2) is 0 Å². The third kappa shape index (κ3) is 2.61. The molecule has 1 aliphatic heterocycles. The molecule has 0 saturated heterocycles. The first-order valence-corrected chi connectivity index (χ1v) is 5.68. The van der Waals surface area contributed by atoms with Gasteiger partial charge in [0.2, 0.25) is 0 Å². The number of carboxylic acids is 1. The van der Waals surface area contributed by atoms with Crippen LogP contribution in [0.2, 0.25) is 0 Å². The fourth-order valence-corrected chi connectivity index (χ4v) is 2.19. The second kappa shape index (κ2) is 4.66. The van der Waals surface area contributed by atoms with Crippen LogP contribution < -0.4 is 0 Å². The second-order valence-electron chi connectivity index (χ2n) is 4.44. The number of nitrogens with zero attached hydrogens (tertiary/aromatic N) is 1. The molecule has 16 heavy (non-hydrogen) atoms. The zero-order chi connectivity index (χ0) is 11.5. The predicted octanol–water partition coefficient (Wildman–Crippen LogP) is 1.83. The molecule has 0 radical (unpaired) electrons. The Morgan fingerprint density at radius 1 is 1.44 bits per heavy atom. The van der Waals surface area contributed by atoms with Crippen LogP contribution in [0.5, 0.6) is 0 Å². The lowest BCUT2D eigenvalue weighted by Crippen LogP contribution is -2.32. The van der Waals surface area contributed by atoms with Gasteiger partial charge < -0.3 is 5.11 Å². The molecular formula is C13H17NO2. The van der Waals surface area contributed by atoms with Crippen LogP contribution in [0, 0.1) is 6.92 Å². The Bertz CT molecular complexity index is 401. The van der Waals surface area contributed by atoms with Gasteiger partial charge in [-0.3, -0.25) is 9.69 Å². The summed E-state index contributed by atoms with van der Waals surface area (Å²) in [6.45, 7) is 4.62. The lowest BCUT2D eigenvalue weighted by atomic mass is 9.98. The largest absolute Gasteiger partial charge is 0.481 e. The Labute approximate surface area is 95.7 Å². The number of hydrogen-bond donors (Lipinski definition) is 1. The van der Waals surface area contributed by atoms with Crippen LogP contribution in [-0.4, -0.2) is 29.1 Å². The van der Waals surface area contributed by atoms with E-state index >= 15 is 0 Å². The number of aryl methyl sites for hydroxylation is 1. The number of carboxylic acid groups (broad SMARTS) is 1. The van der Waals surface area contributed by atoms with Gasteiger partial charge in [-0.2, -0.15) is 0 Å². The van der Waals surface area contributed by atoms with Crippen LogP contribution in [-0.2, 0) is 17.8 Å². The number of hydrogen-bond acceptors (Lipinski definition) is 2. The standard InChI is InChI=1S/C13H17NO2/c1-10-2-3-11-4-6-14(7-5-13(15)16)9-12(11)8-10/h2-3,8H,4-7,9H2,1H3,(H,15,16). The zero-order valence-corrected chi connectivity index (χ0v) is 9.57. The van der Waals surface area contributed by atoms with E-state index in [1.54, 1.807) is 0 Å². The Hall–Kier alpha value is -1.35. The highest BCUT2D eigenvalue weighted by atomic mass is 16.4. The third-order valence-corrected chi connectivity index (χ3v) is 3.09. The lowest BCUT2D eigenvalue weighted by Gasteiger charge is -2.28.